The van der Waals surface area contributed by atoms with E-state index >= 15 is 0 Å². The average molecular weight is 714 g/mol. The third-order valence-corrected chi connectivity index (χ3v) is 9.79. The predicted octanol–water partition coefficient (Wildman–Crippen LogP) is 7.78. The Morgan fingerprint density at radius 3 is 1.96 bits per heavy atom. The number of aliphatic hydroxyl groups is 1. The zero-order valence-electron chi connectivity index (χ0n) is 30.8. The highest BCUT2D eigenvalue weighted by atomic mass is 35.5. The third-order valence-electron chi connectivity index (χ3n) is 9.42. The molecule has 2 saturated heterocycles. The van der Waals surface area contributed by atoms with Gasteiger partial charge in [-0.3, -0.25) is 0 Å². The summed E-state index contributed by atoms with van der Waals surface area (Å²) in [7, 11) is -2.79. The van der Waals surface area contributed by atoms with Crippen LogP contribution in [0.25, 0.3) is 0 Å². The second kappa shape index (κ2) is 15.6. The molecule has 5 atom stereocenters. The van der Waals surface area contributed by atoms with Gasteiger partial charge in [0.05, 0.1) is 44.2 Å². The number of fused-ring (bicyclic) bond motifs is 2. The molecule has 0 aliphatic carbocycles. The maximum absolute atomic E-state index is 15.0. The van der Waals surface area contributed by atoms with E-state index in [0.29, 0.717) is 21.7 Å². The van der Waals surface area contributed by atoms with Crippen molar-refractivity contribution in [2.75, 3.05) is 20.3 Å². The van der Waals surface area contributed by atoms with Crippen molar-refractivity contribution in [1.82, 2.24) is 0 Å². The van der Waals surface area contributed by atoms with Crippen LogP contribution in [0.1, 0.15) is 37.5 Å². The summed E-state index contributed by atoms with van der Waals surface area (Å²) in [5, 5.41) is 11.5. The van der Waals surface area contributed by atoms with Gasteiger partial charge in [-0.2, -0.15) is 0 Å². The molecular weight excluding hydrogens is 671 g/mol. The summed E-state index contributed by atoms with van der Waals surface area (Å²) in [6.45, 7) is 0.159. The molecule has 0 aromatic heterocycles. The third kappa shape index (κ3) is 7.45. The van der Waals surface area contributed by atoms with Gasteiger partial charge in [-0.15, -0.1) is 0 Å². The first-order valence-electron chi connectivity index (χ1n) is 18.3. The minimum Gasteiger partial charge on any atom is -0.494 e. The second-order valence-corrected chi connectivity index (χ2v) is 13.2. The zero-order valence-corrected chi connectivity index (χ0v) is 28.5. The predicted molar refractivity (Wildman–Crippen MR) is 191 cm³/mol. The molecule has 5 aromatic rings. The highest BCUT2D eigenvalue weighted by molar-refractivity contribution is 6.31. The number of hydrogen-bond donors (Lipinski definition) is 1. The van der Waals surface area contributed by atoms with E-state index in [2.05, 4.69) is 0 Å². The first-order chi connectivity index (χ1) is 26.1. The molecule has 2 fully saturated rings. The van der Waals surface area contributed by atoms with Gasteiger partial charge in [0.15, 0.2) is 11.6 Å². The first kappa shape index (κ1) is 31.6. The van der Waals surface area contributed by atoms with Gasteiger partial charge in [0, 0.05) is 10.6 Å². The molecule has 0 spiro atoms. The van der Waals surface area contributed by atoms with E-state index in [0.717, 1.165) is 16.7 Å². The van der Waals surface area contributed by atoms with E-state index in [-0.39, 0.29) is 38.6 Å². The van der Waals surface area contributed by atoms with Crippen LogP contribution in [0.4, 0.5) is 4.39 Å². The largest absolute Gasteiger partial charge is 0.494 e. The van der Waals surface area contributed by atoms with Crippen LogP contribution in [0.15, 0.2) is 127 Å². The summed E-state index contributed by atoms with van der Waals surface area (Å²) < 4.78 is 75.7. The number of hydrogen-bond acceptors (Lipinski definition) is 7. The number of ether oxygens (including phenoxy) is 6. The molecule has 51 heavy (non-hydrogen) atoms. The van der Waals surface area contributed by atoms with Gasteiger partial charge < -0.3 is 33.5 Å². The van der Waals surface area contributed by atoms with E-state index in [1.165, 1.54) is 12.1 Å². The summed E-state index contributed by atoms with van der Waals surface area (Å²) in [6, 6.07) is 38.6. The summed E-state index contributed by atoms with van der Waals surface area (Å²) in [5.74, 6) is -2.78. The minimum atomic E-state index is -2.79. The van der Waals surface area contributed by atoms with Gasteiger partial charge in [0.25, 0.3) is 0 Å². The number of halogens is 2. The molecule has 0 unspecified atom stereocenters. The van der Waals surface area contributed by atoms with Crippen LogP contribution in [-0.2, 0) is 55.7 Å². The molecule has 9 heteroatoms. The van der Waals surface area contributed by atoms with E-state index < -0.39 is 49.2 Å². The van der Waals surface area contributed by atoms with Crippen molar-refractivity contribution >= 4 is 11.6 Å². The van der Waals surface area contributed by atoms with Crippen molar-refractivity contribution in [1.29, 1.82) is 0 Å². The SMILES string of the molecule is [2H]C([2H])([2H])Oc1ccc(Cc2cc([C@]34OC[C@@](CO)(O3)[C@H](OCc3ccccc3)[C@H](OCc3ccccc3)[C@H]4OCc3ccccc3)ccc2Cl)cc1F. The number of aliphatic hydroxyl groups excluding tert-OH is 1. The fourth-order valence-corrected chi connectivity index (χ4v) is 7.00. The highest BCUT2D eigenvalue weighted by Crippen LogP contribution is 2.53. The van der Waals surface area contributed by atoms with Crippen molar-refractivity contribution in [2.45, 2.75) is 55.9 Å². The summed E-state index contributed by atoms with van der Waals surface area (Å²) in [6.07, 6.45) is -2.37. The lowest BCUT2D eigenvalue weighted by molar-refractivity contribution is -0.353. The molecule has 5 aromatic carbocycles. The Kier molecular flexibility index (Phi) is 9.69. The lowest BCUT2D eigenvalue weighted by Crippen LogP contribution is -2.67. The fraction of sp³-hybridized carbons (Fsp3) is 0.286. The maximum atomic E-state index is 15.0. The molecule has 264 valence electrons. The molecule has 7 nitrogen and oxygen atoms in total. The lowest BCUT2D eigenvalue weighted by Gasteiger charge is -2.50. The molecule has 2 aliphatic heterocycles. The van der Waals surface area contributed by atoms with Gasteiger partial charge >= 0.3 is 0 Å². The maximum Gasteiger partial charge on any atom is 0.225 e. The molecule has 7 rings (SSSR count). The number of rotatable bonds is 14. The quantitative estimate of drug-likeness (QED) is 0.126. The molecular formula is C42H40ClFO7. The van der Waals surface area contributed by atoms with Crippen molar-refractivity contribution in [3.05, 3.63) is 172 Å². The van der Waals surface area contributed by atoms with Gasteiger partial charge in [0.1, 0.15) is 23.9 Å². The Hall–Kier alpha value is -4.12. The monoisotopic (exact) mass is 713 g/mol. The van der Waals surface area contributed by atoms with Gasteiger partial charge in [-0.05, 0) is 58.5 Å². The Bertz CT molecular complexity index is 2010. The van der Waals surface area contributed by atoms with Crippen LogP contribution in [0.3, 0.4) is 0 Å². The molecule has 0 saturated carbocycles. The highest BCUT2D eigenvalue weighted by Gasteiger charge is 2.69. The van der Waals surface area contributed by atoms with E-state index in [9.17, 15) is 9.50 Å². The first-order valence-corrected chi connectivity index (χ1v) is 17.1. The molecule has 0 amide bonds. The topological polar surface area (TPSA) is 75.6 Å². The average Bonchev–Trinajstić information content (AvgIpc) is 3.53. The Labute approximate surface area is 306 Å². The number of benzene rings is 5. The van der Waals surface area contributed by atoms with Gasteiger partial charge in [0.2, 0.25) is 5.79 Å². The summed E-state index contributed by atoms with van der Waals surface area (Å²) in [5.41, 5.74) is 3.13. The van der Waals surface area contributed by atoms with Crippen LogP contribution in [0.5, 0.6) is 5.75 Å². The molecule has 0 radical (unpaired) electrons. The lowest BCUT2D eigenvalue weighted by atomic mass is 9.83. The normalized spacial score (nSPS) is 25.2. The van der Waals surface area contributed by atoms with Crippen molar-refractivity contribution in [3.63, 3.8) is 0 Å². The van der Waals surface area contributed by atoms with Crippen LogP contribution in [0, 0.1) is 5.82 Å². The van der Waals surface area contributed by atoms with E-state index in [1.807, 2.05) is 97.1 Å². The smallest absolute Gasteiger partial charge is 0.225 e. The second-order valence-electron chi connectivity index (χ2n) is 12.8. The fourth-order valence-electron chi connectivity index (χ4n) is 6.82. The Balaban J connectivity index is 1.28. The molecule has 1 N–H and O–H groups in total. The van der Waals surface area contributed by atoms with E-state index in [1.54, 1.807) is 18.2 Å². The summed E-state index contributed by atoms with van der Waals surface area (Å²) in [4.78, 5) is 0. The van der Waals surface area contributed by atoms with Gasteiger partial charge in [-0.25, -0.2) is 4.39 Å². The van der Waals surface area contributed by atoms with Crippen LogP contribution >= 0.6 is 11.6 Å². The summed E-state index contributed by atoms with van der Waals surface area (Å²) >= 11 is 6.75. The van der Waals surface area contributed by atoms with Crippen LogP contribution < -0.4 is 4.74 Å². The van der Waals surface area contributed by atoms with Crippen LogP contribution in [-0.4, -0.2) is 49.3 Å². The van der Waals surface area contributed by atoms with E-state index in [4.69, 9.17) is 44.1 Å². The van der Waals surface area contributed by atoms with Gasteiger partial charge in [-0.1, -0.05) is 115 Å². The standard InChI is InChI=1S/C42H40ClFO7/c1-46-37-20-17-32(22-36(37)44)21-33-23-34(18-19-35(33)43)42-40(49-26-31-15-9-4-10-16-31)38(47-24-29-11-5-2-6-12-29)39(41(27-45,51-42)28-50-42)48-25-30-13-7-3-8-14-30/h2-20,22-23,38-40,45H,21,24-28H2,1H3/t38-,39+,40+,41+,42-/m0/s1/i1D3. The van der Waals surface area contributed by atoms with Crippen LogP contribution in [0.2, 0.25) is 5.02 Å². The van der Waals surface area contributed by atoms with Crippen molar-refractivity contribution in [2.24, 2.45) is 0 Å². The van der Waals surface area contributed by atoms with Crippen molar-refractivity contribution in [3.8, 4) is 5.75 Å². The Morgan fingerprint density at radius 1 is 0.765 bits per heavy atom. The molecule has 2 aliphatic rings. The molecule has 2 bridgehead atoms. The van der Waals surface area contributed by atoms with Crippen molar-refractivity contribution < 1.29 is 42.0 Å². The number of methoxy groups -OCH3 is 1. The minimum absolute atomic E-state index is 0.0343. The Morgan fingerprint density at radius 2 is 1.37 bits per heavy atom. The molecule has 2 heterocycles. The zero-order chi connectivity index (χ0) is 37.8.